The van der Waals surface area contributed by atoms with Gasteiger partial charge in [-0.25, -0.2) is 4.39 Å². The number of hydrogen-bond donors (Lipinski definition) is 0. The van der Waals surface area contributed by atoms with Crippen LogP contribution >= 0.6 is 0 Å². The van der Waals surface area contributed by atoms with Crippen molar-refractivity contribution in [3.63, 3.8) is 0 Å². The summed E-state index contributed by atoms with van der Waals surface area (Å²) in [5, 5.41) is 0. The maximum absolute atomic E-state index is 13.3. The number of methoxy groups -OCH3 is 1. The lowest BCUT2D eigenvalue weighted by atomic mass is 9.99. The summed E-state index contributed by atoms with van der Waals surface area (Å²) < 4.78 is 24.6. The van der Waals surface area contributed by atoms with E-state index in [0.29, 0.717) is 24.1 Å². The Morgan fingerprint density at radius 3 is 2.78 bits per heavy atom. The number of carbonyl (C=O) groups excluding carboxylic acids is 1. The molecule has 23 heavy (non-hydrogen) atoms. The number of nitrogens with zero attached hydrogens (tertiary/aromatic N) is 1. The molecule has 3 atom stereocenters. The minimum Gasteiger partial charge on any atom is -0.490 e. The van der Waals surface area contributed by atoms with E-state index >= 15 is 0 Å². The zero-order chi connectivity index (χ0) is 16.6. The van der Waals surface area contributed by atoms with Gasteiger partial charge in [0, 0.05) is 32.2 Å². The third-order valence-electron chi connectivity index (χ3n) is 5.19. The molecule has 1 aromatic carbocycles. The van der Waals surface area contributed by atoms with Gasteiger partial charge in [0.15, 0.2) is 0 Å². The summed E-state index contributed by atoms with van der Waals surface area (Å²) in [6, 6.07) is 6.26. The fourth-order valence-electron chi connectivity index (χ4n) is 3.71. The van der Waals surface area contributed by atoms with Crippen LogP contribution in [0.25, 0.3) is 0 Å². The summed E-state index contributed by atoms with van der Waals surface area (Å²) in [5.74, 6) is 1.08. The lowest BCUT2D eigenvalue weighted by Crippen LogP contribution is -2.46. The summed E-state index contributed by atoms with van der Waals surface area (Å²) in [6.45, 7) is 5.05. The van der Waals surface area contributed by atoms with E-state index in [2.05, 4.69) is 0 Å². The first-order valence-corrected chi connectivity index (χ1v) is 8.17. The standard InChI is InChI=1S/C18H24FNO3/c1-18(2,22-3)17(21)20-10-12-7-8-16(15(12)11-20)23-14-6-4-5-13(19)9-14/h4-6,9,12,15-16H,7-8,10-11H2,1-3H3/t12-,15+,16-/m0/s1. The molecule has 5 heteroatoms. The van der Waals surface area contributed by atoms with Crippen molar-refractivity contribution in [1.82, 2.24) is 4.90 Å². The molecule has 1 saturated carbocycles. The second-order valence-corrected chi connectivity index (χ2v) is 7.04. The van der Waals surface area contributed by atoms with Gasteiger partial charge in [0.05, 0.1) is 0 Å². The average Bonchev–Trinajstić information content (AvgIpc) is 3.08. The molecule has 1 amide bonds. The van der Waals surface area contributed by atoms with Gasteiger partial charge in [-0.3, -0.25) is 4.79 Å². The lowest BCUT2D eigenvalue weighted by molar-refractivity contribution is -0.150. The summed E-state index contributed by atoms with van der Waals surface area (Å²) in [7, 11) is 1.56. The molecule has 4 nitrogen and oxygen atoms in total. The topological polar surface area (TPSA) is 38.8 Å². The fourth-order valence-corrected chi connectivity index (χ4v) is 3.71. The van der Waals surface area contributed by atoms with Gasteiger partial charge in [0.25, 0.3) is 5.91 Å². The molecular weight excluding hydrogens is 297 g/mol. The molecule has 1 saturated heterocycles. The quantitative estimate of drug-likeness (QED) is 0.856. The first-order chi connectivity index (χ1) is 10.9. The number of ether oxygens (including phenoxy) is 2. The first kappa shape index (κ1) is 16.2. The largest absolute Gasteiger partial charge is 0.490 e. The predicted molar refractivity (Wildman–Crippen MR) is 84.7 cm³/mol. The summed E-state index contributed by atoms with van der Waals surface area (Å²) in [5.41, 5.74) is -0.794. The summed E-state index contributed by atoms with van der Waals surface area (Å²) in [4.78, 5) is 14.4. The van der Waals surface area contributed by atoms with E-state index in [1.165, 1.54) is 12.1 Å². The summed E-state index contributed by atoms with van der Waals surface area (Å²) >= 11 is 0. The van der Waals surface area contributed by atoms with Gasteiger partial charge in [-0.2, -0.15) is 0 Å². The van der Waals surface area contributed by atoms with Gasteiger partial charge in [0.1, 0.15) is 23.3 Å². The van der Waals surface area contributed by atoms with Crippen LogP contribution in [0.15, 0.2) is 24.3 Å². The highest BCUT2D eigenvalue weighted by Gasteiger charge is 2.47. The van der Waals surface area contributed by atoms with Gasteiger partial charge < -0.3 is 14.4 Å². The molecule has 0 bridgehead atoms. The number of benzene rings is 1. The Morgan fingerprint density at radius 2 is 2.09 bits per heavy atom. The number of amides is 1. The van der Waals surface area contributed by atoms with E-state index in [1.54, 1.807) is 33.1 Å². The van der Waals surface area contributed by atoms with Crippen LogP contribution in [-0.2, 0) is 9.53 Å². The Hall–Kier alpha value is -1.62. The minimum atomic E-state index is -0.794. The molecule has 1 aromatic rings. The zero-order valence-corrected chi connectivity index (χ0v) is 13.9. The minimum absolute atomic E-state index is 0.0268. The van der Waals surface area contributed by atoms with Crippen molar-refractivity contribution in [2.75, 3.05) is 20.2 Å². The highest BCUT2D eigenvalue weighted by Crippen LogP contribution is 2.40. The van der Waals surface area contributed by atoms with Gasteiger partial charge in [-0.1, -0.05) is 6.07 Å². The third-order valence-corrected chi connectivity index (χ3v) is 5.19. The van der Waals surface area contributed by atoms with E-state index in [9.17, 15) is 9.18 Å². The maximum atomic E-state index is 13.3. The van der Waals surface area contributed by atoms with Crippen LogP contribution < -0.4 is 4.74 Å². The molecule has 0 spiro atoms. The Morgan fingerprint density at radius 1 is 1.30 bits per heavy atom. The zero-order valence-electron chi connectivity index (χ0n) is 13.9. The molecule has 0 unspecified atom stereocenters. The molecule has 1 aliphatic heterocycles. The van der Waals surface area contributed by atoms with E-state index in [0.717, 1.165) is 19.4 Å². The van der Waals surface area contributed by atoms with Gasteiger partial charge in [-0.05, 0) is 44.7 Å². The Bertz CT molecular complexity index is 589. The van der Waals surface area contributed by atoms with Gasteiger partial charge in [0.2, 0.25) is 0 Å². The van der Waals surface area contributed by atoms with Crippen LogP contribution in [-0.4, -0.2) is 42.7 Å². The van der Waals surface area contributed by atoms with Crippen molar-refractivity contribution in [3.8, 4) is 5.75 Å². The first-order valence-electron chi connectivity index (χ1n) is 8.17. The second kappa shape index (κ2) is 6.11. The summed E-state index contributed by atoms with van der Waals surface area (Å²) in [6.07, 6.45) is 2.05. The Balaban J connectivity index is 1.66. The highest BCUT2D eigenvalue weighted by atomic mass is 19.1. The van der Waals surface area contributed by atoms with Gasteiger partial charge >= 0.3 is 0 Å². The Labute approximate surface area is 136 Å². The van der Waals surface area contributed by atoms with E-state index in [1.807, 2.05) is 4.90 Å². The van der Waals surface area contributed by atoms with Crippen molar-refractivity contribution < 1.29 is 18.7 Å². The second-order valence-electron chi connectivity index (χ2n) is 7.04. The third kappa shape index (κ3) is 3.20. The molecule has 3 rings (SSSR count). The molecule has 1 heterocycles. The smallest absolute Gasteiger partial charge is 0.254 e. The van der Waals surface area contributed by atoms with Crippen LogP contribution in [0.2, 0.25) is 0 Å². The molecule has 0 radical (unpaired) electrons. The number of likely N-dealkylation sites (tertiary alicyclic amines) is 1. The number of hydrogen-bond acceptors (Lipinski definition) is 3. The molecule has 0 aromatic heterocycles. The van der Waals surface area contributed by atoms with Crippen LogP contribution in [0, 0.1) is 17.7 Å². The van der Waals surface area contributed by atoms with Crippen LogP contribution in [0.5, 0.6) is 5.75 Å². The normalized spacial score (nSPS) is 27.1. The van der Waals surface area contributed by atoms with Crippen LogP contribution in [0.4, 0.5) is 4.39 Å². The molecule has 1 aliphatic carbocycles. The number of fused-ring (bicyclic) bond motifs is 1. The molecule has 2 aliphatic rings. The van der Waals surface area contributed by atoms with E-state index in [-0.39, 0.29) is 17.8 Å². The van der Waals surface area contributed by atoms with Crippen molar-refractivity contribution in [1.29, 1.82) is 0 Å². The van der Waals surface area contributed by atoms with Crippen molar-refractivity contribution in [2.24, 2.45) is 11.8 Å². The monoisotopic (exact) mass is 321 g/mol. The molecule has 126 valence electrons. The van der Waals surface area contributed by atoms with Crippen molar-refractivity contribution in [3.05, 3.63) is 30.1 Å². The number of halogens is 1. The maximum Gasteiger partial charge on any atom is 0.254 e. The van der Waals surface area contributed by atoms with Crippen LogP contribution in [0.1, 0.15) is 26.7 Å². The molecule has 2 fully saturated rings. The van der Waals surface area contributed by atoms with Crippen molar-refractivity contribution >= 4 is 5.91 Å². The number of rotatable bonds is 4. The lowest BCUT2D eigenvalue weighted by Gasteiger charge is -2.29. The number of carbonyl (C=O) groups is 1. The molecular formula is C18H24FNO3. The fraction of sp³-hybridized carbons (Fsp3) is 0.611. The molecule has 0 N–H and O–H groups in total. The van der Waals surface area contributed by atoms with E-state index in [4.69, 9.17) is 9.47 Å². The highest BCUT2D eigenvalue weighted by molar-refractivity contribution is 5.84. The Kier molecular flexibility index (Phi) is 4.32. The average molecular weight is 321 g/mol. The SMILES string of the molecule is COC(C)(C)C(=O)N1C[C@@H]2CC[C@H](Oc3cccc(F)c3)[C@@H]2C1. The predicted octanol–water partition coefficient (Wildman–Crippen LogP) is 2.87. The van der Waals surface area contributed by atoms with E-state index < -0.39 is 5.60 Å². The van der Waals surface area contributed by atoms with Crippen LogP contribution in [0.3, 0.4) is 0 Å². The van der Waals surface area contributed by atoms with Gasteiger partial charge in [-0.15, -0.1) is 0 Å². The van der Waals surface area contributed by atoms with Crippen molar-refractivity contribution in [2.45, 2.75) is 38.4 Å².